The first-order valence-electron chi connectivity index (χ1n) is 17.0. The Bertz CT molecular complexity index is 3370. The molecule has 0 bridgehead atoms. The highest BCUT2D eigenvalue weighted by atomic mass is 15.0. The summed E-state index contributed by atoms with van der Waals surface area (Å²) in [7, 11) is 48.0. The van der Waals surface area contributed by atoms with Crippen molar-refractivity contribution < 1.29 is 0 Å². The van der Waals surface area contributed by atoms with E-state index in [2.05, 4.69) is 81.8 Å². The Morgan fingerprint density at radius 2 is 0.865 bits per heavy atom. The van der Waals surface area contributed by atoms with E-state index in [0.29, 0.717) is 43.9 Å². The monoisotopic (exact) mass is 641 g/mol. The van der Waals surface area contributed by atoms with Crippen molar-refractivity contribution >= 4 is 175 Å². The lowest BCUT2D eigenvalue weighted by Crippen LogP contribution is -2.48. The molecule has 0 saturated heterocycles. The maximum absolute atomic E-state index is 7.40. The fourth-order valence-electron chi connectivity index (χ4n) is 8.97. The third kappa shape index (κ3) is 3.46. The molecule has 11 rings (SSSR count). The fourth-order valence-corrected chi connectivity index (χ4v) is 8.97. The van der Waals surface area contributed by atoms with Gasteiger partial charge in [0.05, 0.1) is 27.6 Å². The van der Waals surface area contributed by atoms with Crippen molar-refractivity contribution in [1.82, 2.24) is 13.5 Å². The Hall–Kier alpha value is -5.61. The molecular weight excluding hydrogens is 622 g/mol. The van der Waals surface area contributed by atoms with Crippen LogP contribution in [0.15, 0.2) is 109 Å². The molecule has 0 aliphatic rings. The second-order valence-electron chi connectivity index (χ2n) is 13.6. The van der Waals surface area contributed by atoms with E-state index in [0.717, 1.165) is 38.4 Å². The summed E-state index contributed by atoms with van der Waals surface area (Å²) in [6, 6.07) is 37.6. The quantitative estimate of drug-likeness (QED) is 0.259. The summed E-state index contributed by atoms with van der Waals surface area (Å²) in [6.45, 7) is 0. The van der Waals surface area contributed by atoms with Gasteiger partial charge in [-0.05, 0) is 52.6 Å². The predicted molar refractivity (Wildman–Crippen MR) is 227 cm³/mol. The van der Waals surface area contributed by atoms with Gasteiger partial charge in [-0.1, -0.05) is 94.6 Å². The topological polar surface area (TPSA) is 14.3 Å². The smallest absolute Gasteiger partial charge is 0.119 e. The standard InChI is InChI=1S/C42H18B7N3/c43-32-30-31-33(44)36(47)42(38(49)41(31)50(19-9-2-1-3-10-19)40(30)37(48)35(46)34(32)45)52-25-16-7-5-12-22(25)28-26(52)17-18-27-29(28)23-14-8-13-21-20-11-4-6-15-24(20)51(27)39(21)23/h1-18H. The molecule has 3 nitrogen and oxygen atoms in total. The second-order valence-corrected chi connectivity index (χ2v) is 13.6. The van der Waals surface area contributed by atoms with Gasteiger partial charge in [0.15, 0.2) is 0 Å². The van der Waals surface area contributed by atoms with Crippen LogP contribution in [0.1, 0.15) is 0 Å². The number of benzene rings is 7. The van der Waals surface area contributed by atoms with Crippen molar-refractivity contribution in [2.75, 3.05) is 0 Å². The van der Waals surface area contributed by atoms with Crippen molar-refractivity contribution in [2.45, 2.75) is 0 Å². The van der Waals surface area contributed by atoms with Crippen LogP contribution in [0.2, 0.25) is 0 Å². The van der Waals surface area contributed by atoms with Gasteiger partial charge < -0.3 is 13.5 Å². The summed E-state index contributed by atoms with van der Waals surface area (Å²) in [4.78, 5) is 0. The van der Waals surface area contributed by atoms with E-state index in [9.17, 15) is 0 Å². The molecule has 0 saturated carbocycles. The highest BCUT2D eigenvalue weighted by Crippen LogP contribution is 2.44. The molecular formula is C42H18B7N3. The van der Waals surface area contributed by atoms with E-state index in [1.54, 1.807) is 0 Å². The lowest BCUT2D eigenvalue weighted by atomic mass is 9.64. The van der Waals surface area contributed by atoms with Gasteiger partial charge >= 0.3 is 0 Å². The first-order valence-corrected chi connectivity index (χ1v) is 17.0. The third-order valence-corrected chi connectivity index (χ3v) is 11.2. The molecule has 0 aliphatic heterocycles. The summed E-state index contributed by atoms with van der Waals surface area (Å²) in [6.07, 6.45) is 0. The zero-order valence-corrected chi connectivity index (χ0v) is 27.8. The molecule has 222 valence electrons. The largest absolute Gasteiger partial charge is 0.310 e. The average Bonchev–Trinajstić information content (AvgIpc) is 3.91. The molecule has 0 aliphatic carbocycles. The minimum atomic E-state index is 0.183. The molecule has 11 aromatic rings. The Labute approximate surface area is 307 Å². The molecule has 14 radical (unpaired) electrons. The maximum atomic E-state index is 7.40. The van der Waals surface area contributed by atoms with Crippen molar-refractivity contribution in [3.63, 3.8) is 0 Å². The van der Waals surface area contributed by atoms with Gasteiger partial charge in [-0.3, -0.25) is 0 Å². The van der Waals surface area contributed by atoms with E-state index in [-0.39, 0.29) is 21.9 Å². The van der Waals surface area contributed by atoms with Crippen LogP contribution in [0, 0.1) is 0 Å². The number of aromatic nitrogens is 3. The normalized spacial score (nSPS) is 12.4. The number of para-hydroxylation sites is 4. The van der Waals surface area contributed by atoms with E-state index in [1.807, 2.05) is 41.0 Å². The van der Waals surface area contributed by atoms with E-state index < -0.39 is 0 Å². The van der Waals surface area contributed by atoms with E-state index in [1.165, 1.54) is 27.2 Å². The third-order valence-electron chi connectivity index (χ3n) is 11.2. The highest BCUT2D eigenvalue weighted by Gasteiger charge is 2.27. The van der Waals surface area contributed by atoms with Crippen LogP contribution in [-0.2, 0) is 0 Å². The van der Waals surface area contributed by atoms with Crippen molar-refractivity contribution in [3.05, 3.63) is 109 Å². The van der Waals surface area contributed by atoms with Crippen LogP contribution in [0.4, 0.5) is 0 Å². The SMILES string of the molecule is [B]c1c([B])c([B])c2c(c1[B])c1c([B])c([B])c(-n3c4ccccc4c4c5c6cccc7c8ccccc8n(c5ccc43)c76)c([B])c1n2-c1ccccc1. The van der Waals surface area contributed by atoms with E-state index >= 15 is 0 Å². The van der Waals surface area contributed by atoms with Gasteiger partial charge in [-0.2, -0.15) is 0 Å². The van der Waals surface area contributed by atoms with Crippen LogP contribution in [-0.4, -0.2) is 68.5 Å². The van der Waals surface area contributed by atoms with Gasteiger partial charge in [0.25, 0.3) is 0 Å². The molecule has 0 amide bonds. The van der Waals surface area contributed by atoms with Crippen molar-refractivity contribution in [1.29, 1.82) is 0 Å². The van der Waals surface area contributed by atoms with Crippen LogP contribution >= 0.6 is 0 Å². The minimum Gasteiger partial charge on any atom is -0.310 e. The molecule has 0 N–H and O–H groups in total. The summed E-state index contributed by atoms with van der Waals surface area (Å²) in [5.74, 6) is 0. The Morgan fingerprint density at radius 3 is 1.63 bits per heavy atom. The average molecular weight is 640 g/mol. The predicted octanol–water partition coefficient (Wildman–Crippen LogP) is 2.59. The van der Waals surface area contributed by atoms with E-state index in [4.69, 9.17) is 54.9 Å². The number of fused-ring (bicyclic) bond motifs is 13. The van der Waals surface area contributed by atoms with Gasteiger partial charge in [-0.25, -0.2) is 0 Å². The molecule has 7 aromatic carbocycles. The Kier molecular flexibility index (Phi) is 5.93. The minimum absolute atomic E-state index is 0.183. The number of nitrogens with zero attached hydrogens (tertiary/aromatic N) is 3. The van der Waals surface area contributed by atoms with Crippen LogP contribution in [0.3, 0.4) is 0 Å². The lowest BCUT2D eigenvalue weighted by Gasteiger charge is -2.21. The van der Waals surface area contributed by atoms with Gasteiger partial charge in [0, 0.05) is 54.7 Å². The van der Waals surface area contributed by atoms with Crippen molar-refractivity contribution in [3.8, 4) is 11.4 Å². The van der Waals surface area contributed by atoms with Gasteiger partial charge in [0.1, 0.15) is 54.9 Å². The molecule has 0 unspecified atom stereocenters. The summed E-state index contributed by atoms with van der Waals surface area (Å²) < 4.78 is 6.49. The molecule has 0 fully saturated rings. The van der Waals surface area contributed by atoms with Crippen LogP contribution < -0.4 is 38.2 Å². The molecule has 10 heteroatoms. The Balaban J connectivity index is 1.36. The highest BCUT2D eigenvalue weighted by molar-refractivity contribution is 6.69. The summed E-state index contributed by atoms with van der Waals surface area (Å²) in [5, 5.41) is 8.08. The maximum Gasteiger partial charge on any atom is 0.119 e. The first kappa shape index (κ1) is 30.1. The van der Waals surface area contributed by atoms with Crippen LogP contribution in [0.5, 0.6) is 0 Å². The summed E-state index contributed by atoms with van der Waals surface area (Å²) >= 11 is 0. The summed E-state index contributed by atoms with van der Waals surface area (Å²) in [5.41, 5.74) is 9.85. The zero-order chi connectivity index (χ0) is 35.3. The van der Waals surface area contributed by atoms with Crippen molar-refractivity contribution in [2.24, 2.45) is 0 Å². The molecule has 0 spiro atoms. The molecule has 52 heavy (non-hydrogen) atoms. The number of hydrogen-bond donors (Lipinski definition) is 0. The first-order chi connectivity index (χ1) is 25.3. The second kappa shape index (κ2) is 10.3. The molecule has 4 aromatic heterocycles. The molecule has 4 heterocycles. The molecule has 0 atom stereocenters. The van der Waals surface area contributed by atoms with Gasteiger partial charge in [-0.15, -0.1) is 10.9 Å². The van der Waals surface area contributed by atoms with Crippen LogP contribution in [0.25, 0.3) is 93.1 Å². The fraction of sp³-hybridized carbons (Fsp3) is 0. The number of hydrogen-bond acceptors (Lipinski definition) is 0. The zero-order valence-electron chi connectivity index (χ0n) is 27.8. The Morgan fingerprint density at radius 1 is 0.308 bits per heavy atom. The van der Waals surface area contributed by atoms with Gasteiger partial charge in [0.2, 0.25) is 0 Å². The number of rotatable bonds is 2. The lowest BCUT2D eigenvalue weighted by molar-refractivity contribution is 1.18.